The van der Waals surface area contributed by atoms with Crippen LogP contribution in [0, 0.1) is 0 Å². The number of anilines is 1. The van der Waals surface area contributed by atoms with Crippen LogP contribution in [0.25, 0.3) is 22.4 Å². The smallest absolute Gasteiger partial charge is 0.159 e. The van der Waals surface area contributed by atoms with E-state index in [2.05, 4.69) is 25.4 Å². The molecule has 3 heterocycles. The molecule has 1 unspecified atom stereocenters. The number of pyridine rings is 1. The van der Waals surface area contributed by atoms with Crippen LogP contribution in [0.1, 0.15) is 0 Å². The maximum absolute atomic E-state index is 9.79. The molecule has 1 saturated heterocycles. The number of piperazine rings is 1. The minimum atomic E-state index is -0.00861. The van der Waals surface area contributed by atoms with E-state index >= 15 is 0 Å². The van der Waals surface area contributed by atoms with E-state index in [-0.39, 0.29) is 12.6 Å². The number of aliphatic hydroxyl groups is 1. The Morgan fingerprint density at radius 1 is 1.12 bits per heavy atom. The number of hydrogen-bond acceptors (Lipinski definition) is 5. The number of rotatable bonds is 4. The molecule has 0 spiro atoms. The number of hydrogen-bond donors (Lipinski definition) is 3. The highest BCUT2D eigenvalue weighted by molar-refractivity contribution is 6.30. The summed E-state index contributed by atoms with van der Waals surface area (Å²) in [4.78, 5) is 6.30. The summed E-state index contributed by atoms with van der Waals surface area (Å²) in [6.07, 6.45) is 3.55. The van der Waals surface area contributed by atoms with Gasteiger partial charge in [-0.15, -0.1) is 0 Å². The molecule has 7 heteroatoms. The van der Waals surface area contributed by atoms with Crippen molar-refractivity contribution in [1.82, 2.24) is 20.5 Å². The van der Waals surface area contributed by atoms with Crippen molar-refractivity contribution >= 4 is 17.4 Å². The van der Waals surface area contributed by atoms with Gasteiger partial charge in [0.1, 0.15) is 0 Å². The number of nitrogens with zero attached hydrogens (tertiary/aromatic N) is 3. The highest BCUT2D eigenvalue weighted by Gasteiger charge is 2.28. The SMILES string of the molecule is OCC1CNCCN1c1n[nH]c(-c2ccc(Cl)cc2)c1-c1ccncc1. The Labute approximate surface area is 156 Å². The molecule has 3 N–H and O–H groups in total. The normalized spacial score (nSPS) is 17.5. The Morgan fingerprint density at radius 3 is 2.62 bits per heavy atom. The first-order valence-corrected chi connectivity index (χ1v) is 8.98. The van der Waals surface area contributed by atoms with Crippen molar-refractivity contribution in [3.05, 3.63) is 53.8 Å². The zero-order valence-electron chi connectivity index (χ0n) is 14.2. The van der Waals surface area contributed by atoms with Gasteiger partial charge in [0.05, 0.1) is 23.9 Å². The number of halogens is 1. The monoisotopic (exact) mass is 369 g/mol. The summed E-state index contributed by atoms with van der Waals surface area (Å²) in [5, 5.41) is 21.6. The van der Waals surface area contributed by atoms with Crippen molar-refractivity contribution in [2.45, 2.75) is 6.04 Å². The van der Waals surface area contributed by atoms with Crippen LogP contribution < -0.4 is 10.2 Å². The first-order chi connectivity index (χ1) is 12.8. The minimum absolute atomic E-state index is 0.00861. The quantitative estimate of drug-likeness (QED) is 0.659. The summed E-state index contributed by atoms with van der Waals surface area (Å²) in [6.45, 7) is 2.45. The molecule has 1 atom stereocenters. The maximum atomic E-state index is 9.79. The predicted molar refractivity (Wildman–Crippen MR) is 103 cm³/mol. The summed E-state index contributed by atoms with van der Waals surface area (Å²) >= 11 is 6.04. The Kier molecular flexibility index (Phi) is 4.88. The number of benzene rings is 1. The fourth-order valence-corrected chi connectivity index (χ4v) is 3.49. The molecule has 2 aromatic heterocycles. The van der Waals surface area contributed by atoms with Gasteiger partial charge >= 0.3 is 0 Å². The molecule has 0 amide bonds. The average molecular weight is 370 g/mol. The number of aliphatic hydroxyl groups excluding tert-OH is 1. The Balaban J connectivity index is 1.86. The molecule has 1 fully saturated rings. The highest BCUT2D eigenvalue weighted by Crippen LogP contribution is 2.38. The van der Waals surface area contributed by atoms with Gasteiger partial charge in [0.2, 0.25) is 0 Å². The van der Waals surface area contributed by atoms with Crippen LogP contribution in [0.4, 0.5) is 5.82 Å². The first-order valence-electron chi connectivity index (χ1n) is 8.61. The molecule has 0 bridgehead atoms. The van der Waals surface area contributed by atoms with Gasteiger partial charge in [-0.1, -0.05) is 23.7 Å². The Hall–Kier alpha value is -2.41. The van der Waals surface area contributed by atoms with Crippen LogP contribution in [-0.2, 0) is 0 Å². The van der Waals surface area contributed by atoms with Gasteiger partial charge in [0.15, 0.2) is 5.82 Å². The van der Waals surface area contributed by atoms with E-state index in [1.165, 1.54) is 0 Å². The largest absolute Gasteiger partial charge is 0.394 e. The van der Waals surface area contributed by atoms with Crippen LogP contribution in [0.5, 0.6) is 0 Å². The first kappa shape index (κ1) is 17.0. The van der Waals surface area contributed by atoms with Gasteiger partial charge in [-0.2, -0.15) is 5.10 Å². The number of H-pyrrole nitrogens is 1. The van der Waals surface area contributed by atoms with Gasteiger partial charge in [0, 0.05) is 42.6 Å². The van der Waals surface area contributed by atoms with Crippen LogP contribution in [-0.4, -0.2) is 52.6 Å². The number of aromatic amines is 1. The molecule has 0 aliphatic carbocycles. The van der Waals surface area contributed by atoms with E-state index in [0.29, 0.717) is 5.02 Å². The molecule has 1 aliphatic heterocycles. The minimum Gasteiger partial charge on any atom is -0.394 e. The summed E-state index contributed by atoms with van der Waals surface area (Å²) in [5.74, 6) is 0.849. The number of aromatic nitrogens is 3. The van der Waals surface area contributed by atoms with Crippen molar-refractivity contribution in [2.24, 2.45) is 0 Å². The topological polar surface area (TPSA) is 77.1 Å². The van der Waals surface area contributed by atoms with Crippen LogP contribution in [0.15, 0.2) is 48.8 Å². The lowest BCUT2D eigenvalue weighted by Gasteiger charge is -2.36. The maximum Gasteiger partial charge on any atom is 0.159 e. The standard InChI is InChI=1S/C19H20ClN5O/c20-15-3-1-14(2-4-15)18-17(13-5-7-21-8-6-13)19(24-23-18)25-10-9-22-11-16(25)12-26/h1-8,16,22,26H,9-12H2,(H,23,24). The second-order valence-electron chi connectivity index (χ2n) is 6.27. The van der Waals surface area contributed by atoms with E-state index in [9.17, 15) is 5.11 Å². The molecular formula is C19H20ClN5O. The van der Waals surface area contributed by atoms with E-state index in [0.717, 1.165) is 47.8 Å². The van der Waals surface area contributed by atoms with Gasteiger partial charge in [-0.3, -0.25) is 10.1 Å². The molecule has 6 nitrogen and oxygen atoms in total. The average Bonchev–Trinajstić information content (AvgIpc) is 3.14. The molecular weight excluding hydrogens is 350 g/mol. The van der Waals surface area contributed by atoms with Crippen LogP contribution in [0.3, 0.4) is 0 Å². The lowest BCUT2D eigenvalue weighted by Crippen LogP contribution is -2.53. The third-order valence-corrected chi connectivity index (χ3v) is 4.93. The van der Waals surface area contributed by atoms with Crippen LogP contribution in [0.2, 0.25) is 5.02 Å². The van der Waals surface area contributed by atoms with Crippen molar-refractivity contribution in [2.75, 3.05) is 31.1 Å². The lowest BCUT2D eigenvalue weighted by molar-refractivity contribution is 0.246. The zero-order chi connectivity index (χ0) is 17.9. The van der Waals surface area contributed by atoms with Crippen molar-refractivity contribution in [1.29, 1.82) is 0 Å². The van der Waals surface area contributed by atoms with Gasteiger partial charge in [-0.05, 0) is 29.8 Å². The summed E-state index contributed by atoms with van der Waals surface area (Å²) < 4.78 is 0. The summed E-state index contributed by atoms with van der Waals surface area (Å²) in [7, 11) is 0. The second-order valence-corrected chi connectivity index (χ2v) is 6.71. The molecule has 134 valence electrons. The highest BCUT2D eigenvalue weighted by atomic mass is 35.5. The van der Waals surface area contributed by atoms with Crippen LogP contribution >= 0.6 is 11.6 Å². The molecule has 1 aromatic carbocycles. The second kappa shape index (κ2) is 7.45. The summed E-state index contributed by atoms with van der Waals surface area (Å²) in [5.41, 5.74) is 3.98. The third-order valence-electron chi connectivity index (χ3n) is 4.68. The third kappa shape index (κ3) is 3.19. The lowest BCUT2D eigenvalue weighted by atomic mass is 10.0. The van der Waals surface area contributed by atoms with E-state index in [4.69, 9.17) is 11.6 Å². The van der Waals surface area contributed by atoms with Crippen molar-refractivity contribution < 1.29 is 5.11 Å². The molecule has 3 aromatic rings. The molecule has 26 heavy (non-hydrogen) atoms. The summed E-state index contributed by atoms with van der Waals surface area (Å²) in [6, 6.07) is 11.6. The molecule has 0 radical (unpaired) electrons. The predicted octanol–water partition coefficient (Wildman–Crippen LogP) is 2.56. The van der Waals surface area contributed by atoms with Gasteiger partial charge < -0.3 is 15.3 Å². The fourth-order valence-electron chi connectivity index (χ4n) is 3.36. The van der Waals surface area contributed by atoms with Gasteiger partial charge in [0.25, 0.3) is 0 Å². The Morgan fingerprint density at radius 2 is 1.88 bits per heavy atom. The zero-order valence-corrected chi connectivity index (χ0v) is 14.9. The van der Waals surface area contributed by atoms with E-state index < -0.39 is 0 Å². The fraction of sp³-hybridized carbons (Fsp3) is 0.263. The van der Waals surface area contributed by atoms with Crippen molar-refractivity contribution in [3.63, 3.8) is 0 Å². The van der Waals surface area contributed by atoms with Gasteiger partial charge in [-0.25, -0.2) is 0 Å². The molecule has 4 rings (SSSR count). The Bertz CT molecular complexity index is 865. The van der Waals surface area contributed by atoms with E-state index in [1.807, 2.05) is 36.4 Å². The molecule has 0 saturated carbocycles. The number of nitrogens with one attached hydrogen (secondary N) is 2. The van der Waals surface area contributed by atoms with Crippen molar-refractivity contribution in [3.8, 4) is 22.4 Å². The van der Waals surface area contributed by atoms with E-state index in [1.54, 1.807) is 12.4 Å². The molecule has 1 aliphatic rings.